The molecule has 0 saturated heterocycles. The van der Waals surface area contributed by atoms with Crippen LogP contribution in [0.15, 0.2) is 83.3 Å². The number of para-hydroxylation sites is 1. The zero-order valence-electron chi connectivity index (χ0n) is 18.0. The third-order valence-corrected chi connectivity index (χ3v) is 5.91. The fourth-order valence-electron chi connectivity index (χ4n) is 4.09. The SMILES string of the molecule is Cc1oc(-c2ccc(C(=O)NCc3ccccc3)cc2)nc1CN1CCc2ccccc21. The quantitative estimate of drug-likeness (QED) is 0.466. The molecule has 160 valence electrons. The van der Waals surface area contributed by atoms with Gasteiger partial charge in [0.15, 0.2) is 0 Å². The molecular weight excluding hydrogens is 398 g/mol. The van der Waals surface area contributed by atoms with Gasteiger partial charge in [0, 0.05) is 29.9 Å². The molecular formula is C27H25N3O2. The van der Waals surface area contributed by atoms with Crippen molar-refractivity contribution >= 4 is 11.6 Å². The molecule has 2 heterocycles. The minimum Gasteiger partial charge on any atom is -0.441 e. The van der Waals surface area contributed by atoms with E-state index in [2.05, 4.69) is 34.5 Å². The van der Waals surface area contributed by atoms with E-state index < -0.39 is 0 Å². The Balaban J connectivity index is 1.26. The van der Waals surface area contributed by atoms with Gasteiger partial charge in [-0.25, -0.2) is 4.98 Å². The normalized spacial score (nSPS) is 12.6. The lowest BCUT2D eigenvalue weighted by atomic mass is 10.1. The second-order valence-electron chi connectivity index (χ2n) is 8.07. The van der Waals surface area contributed by atoms with Gasteiger partial charge in [-0.1, -0.05) is 48.5 Å². The van der Waals surface area contributed by atoms with Crippen molar-refractivity contribution in [3.8, 4) is 11.5 Å². The smallest absolute Gasteiger partial charge is 0.251 e. The van der Waals surface area contributed by atoms with Gasteiger partial charge in [0.05, 0.1) is 6.54 Å². The maximum absolute atomic E-state index is 12.5. The van der Waals surface area contributed by atoms with Gasteiger partial charge >= 0.3 is 0 Å². The highest BCUT2D eigenvalue weighted by Gasteiger charge is 2.21. The number of aryl methyl sites for hydroxylation is 1. The summed E-state index contributed by atoms with van der Waals surface area (Å²) in [6.07, 6.45) is 1.06. The number of fused-ring (bicyclic) bond motifs is 1. The maximum atomic E-state index is 12.5. The first-order valence-electron chi connectivity index (χ1n) is 10.9. The first-order valence-corrected chi connectivity index (χ1v) is 10.9. The molecule has 0 atom stereocenters. The summed E-state index contributed by atoms with van der Waals surface area (Å²) in [4.78, 5) is 19.6. The van der Waals surface area contributed by atoms with Gasteiger partial charge in [-0.2, -0.15) is 0 Å². The summed E-state index contributed by atoms with van der Waals surface area (Å²) in [6.45, 7) is 4.18. The van der Waals surface area contributed by atoms with Crippen molar-refractivity contribution in [2.24, 2.45) is 0 Å². The number of oxazole rings is 1. The average molecular weight is 424 g/mol. The van der Waals surface area contributed by atoms with Crippen molar-refractivity contribution in [3.63, 3.8) is 0 Å². The van der Waals surface area contributed by atoms with E-state index in [0.29, 0.717) is 18.0 Å². The molecule has 0 fully saturated rings. The second-order valence-corrected chi connectivity index (χ2v) is 8.07. The van der Waals surface area contributed by atoms with Crippen LogP contribution in [0.2, 0.25) is 0 Å². The van der Waals surface area contributed by atoms with Gasteiger partial charge in [0.1, 0.15) is 11.5 Å². The molecule has 5 nitrogen and oxygen atoms in total. The van der Waals surface area contributed by atoms with Gasteiger partial charge in [-0.15, -0.1) is 0 Å². The Hall–Kier alpha value is -3.86. The van der Waals surface area contributed by atoms with Crippen LogP contribution < -0.4 is 10.2 Å². The van der Waals surface area contributed by atoms with Gasteiger partial charge < -0.3 is 14.6 Å². The number of hydrogen-bond donors (Lipinski definition) is 1. The van der Waals surface area contributed by atoms with Crippen LogP contribution >= 0.6 is 0 Å². The highest BCUT2D eigenvalue weighted by Crippen LogP contribution is 2.30. The van der Waals surface area contributed by atoms with Crippen LogP contribution in [0.1, 0.15) is 32.9 Å². The molecule has 5 heteroatoms. The zero-order valence-corrected chi connectivity index (χ0v) is 18.0. The van der Waals surface area contributed by atoms with Gasteiger partial charge in [-0.05, 0) is 54.8 Å². The minimum absolute atomic E-state index is 0.0997. The number of aromatic nitrogens is 1. The lowest BCUT2D eigenvalue weighted by Gasteiger charge is -2.17. The molecule has 4 aromatic rings. The summed E-state index contributed by atoms with van der Waals surface area (Å²) >= 11 is 0. The van der Waals surface area contributed by atoms with Crippen molar-refractivity contribution < 1.29 is 9.21 Å². The predicted molar refractivity (Wildman–Crippen MR) is 125 cm³/mol. The zero-order chi connectivity index (χ0) is 21.9. The summed E-state index contributed by atoms with van der Waals surface area (Å²) in [7, 11) is 0. The molecule has 0 spiro atoms. The topological polar surface area (TPSA) is 58.4 Å². The molecule has 32 heavy (non-hydrogen) atoms. The predicted octanol–water partition coefficient (Wildman–Crippen LogP) is 5.14. The van der Waals surface area contributed by atoms with Crippen molar-refractivity contribution in [1.29, 1.82) is 0 Å². The van der Waals surface area contributed by atoms with Gasteiger partial charge in [0.25, 0.3) is 5.91 Å². The maximum Gasteiger partial charge on any atom is 0.251 e. The Kier molecular flexibility index (Phi) is 5.46. The average Bonchev–Trinajstić information content (AvgIpc) is 3.42. The van der Waals surface area contributed by atoms with E-state index in [1.54, 1.807) is 0 Å². The Labute approximate surface area is 187 Å². The van der Waals surface area contributed by atoms with Gasteiger partial charge in [-0.3, -0.25) is 4.79 Å². The van der Waals surface area contributed by atoms with Crippen molar-refractivity contribution in [1.82, 2.24) is 10.3 Å². The van der Waals surface area contributed by atoms with Crippen LogP contribution in [-0.4, -0.2) is 17.4 Å². The second kappa shape index (κ2) is 8.71. The summed E-state index contributed by atoms with van der Waals surface area (Å²) in [5.41, 5.74) is 6.15. The molecule has 1 N–H and O–H groups in total. The molecule has 1 amide bonds. The molecule has 3 aromatic carbocycles. The summed E-state index contributed by atoms with van der Waals surface area (Å²) < 4.78 is 5.97. The fourth-order valence-corrected chi connectivity index (χ4v) is 4.09. The van der Waals surface area contributed by atoms with Crippen LogP contribution in [-0.2, 0) is 19.5 Å². The van der Waals surface area contributed by atoms with Crippen molar-refractivity contribution in [2.75, 3.05) is 11.4 Å². The number of nitrogens with zero attached hydrogens (tertiary/aromatic N) is 2. The molecule has 5 rings (SSSR count). The van der Waals surface area contributed by atoms with Crippen molar-refractivity contribution in [2.45, 2.75) is 26.4 Å². The highest BCUT2D eigenvalue weighted by atomic mass is 16.4. The van der Waals surface area contributed by atoms with E-state index >= 15 is 0 Å². The number of benzene rings is 3. The number of hydrogen-bond acceptors (Lipinski definition) is 4. The molecule has 1 aromatic heterocycles. The van der Waals surface area contributed by atoms with E-state index in [1.807, 2.05) is 61.5 Å². The van der Waals surface area contributed by atoms with Crippen LogP contribution in [0, 0.1) is 6.92 Å². The van der Waals surface area contributed by atoms with Crippen LogP contribution in [0.3, 0.4) is 0 Å². The number of amides is 1. The van der Waals surface area contributed by atoms with Crippen LogP contribution in [0.5, 0.6) is 0 Å². The van der Waals surface area contributed by atoms with Gasteiger partial charge in [0.2, 0.25) is 5.89 Å². The molecule has 0 saturated carbocycles. The van der Waals surface area contributed by atoms with E-state index in [-0.39, 0.29) is 5.91 Å². The number of carbonyl (C=O) groups is 1. The fraction of sp³-hybridized carbons (Fsp3) is 0.185. The van der Waals surface area contributed by atoms with Crippen LogP contribution in [0.4, 0.5) is 5.69 Å². The molecule has 1 aliphatic heterocycles. The number of rotatable bonds is 6. The third kappa shape index (κ3) is 4.14. The Morgan fingerprint density at radius 2 is 1.75 bits per heavy atom. The Morgan fingerprint density at radius 1 is 1.00 bits per heavy atom. The standard InChI is InChI=1S/C27H25N3O2/c1-19-24(18-30-16-15-21-9-5-6-10-25(21)30)29-27(32-19)23-13-11-22(12-14-23)26(31)28-17-20-7-3-2-4-8-20/h2-14H,15-18H2,1H3,(H,28,31). The van der Waals surface area contributed by atoms with E-state index in [1.165, 1.54) is 11.3 Å². The first-order chi connectivity index (χ1) is 15.7. The van der Waals surface area contributed by atoms with E-state index in [9.17, 15) is 4.79 Å². The molecule has 1 aliphatic rings. The summed E-state index contributed by atoms with van der Waals surface area (Å²) in [5, 5.41) is 2.95. The minimum atomic E-state index is -0.0997. The number of carbonyl (C=O) groups excluding carboxylic acids is 1. The summed E-state index contributed by atoms with van der Waals surface area (Å²) in [6, 6.07) is 25.8. The molecule has 0 bridgehead atoms. The highest BCUT2D eigenvalue weighted by molar-refractivity contribution is 5.94. The molecule has 0 radical (unpaired) electrons. The van der Waals surface area contributed by atoms with Crippen molar-refractivity contribution in [3.05, 3.63) is 107 Å². The lowest BCUT2D eigenvalue weighted by Crippen LogP contribution is -2.22. The Bertz CT molecular complexity index is 1230. The lowest BCUT2D eigenvalue weighted by molar-refractivity contribution is 0.0951. The van der Waals surface area contributed by atoms with E-state index in [4.69, 9.17) is 9.40 Å². The third-order valence-electron chi connectivity index (χ3n) is 5.91. The number of anilines is 1. The largest absolute Gasteiger partial charge is 0.441 e. The molecule has 0 aliphatic carbocycles. The van der Waals surface area contributed by atoms with Crippen LogP contribution in [0.25, 0.3) is 11.5 Å². The molecule has 0 unspecified atom stereocenters. The first kappa shape index (κ1) is 20.1. The Morgan fingerprint density at radius 3 is 2.56 bits per heavy atom. The summed E-state index contributed by atoms with van der Waals surface area (Å²) in [5.74, 6) is 1.31. The monoisotopic (exact) mass is 423 g/mol. The van der Waals surface area contributed by atoms with E-state index in [0.717, 1.165) is 42.1 Å². The number of nitrogens with one attached hydrogen (secondary N) is 1.